The van der Waals surface area contributed by atoms with Crippen molar-refractivity contribution in [2.45, 2.75) is 0 Å². The van der Waals surface area contributed by atoms with Gasteiger partial charge in [0.05, 0.1) is 0 Å². The quantitative estimate of drug-likeness (QED) is 0.352. The summed E-state index contributed by atoms with van der Waals surface area (Å²) >= 11 is 1.86. The molecule has 2 heteroatoms. The summed E-state index contributed by atoms with van der Waals surface area (Å²) in [5.41, 5.74) is 7.15. The first-order valence-corrected chi connectivity index (χ1v) is 8.16. The van der Waals surface area contributed by atoms with E-state index in [1.165, 1.54) is 41.7 Å². The molecule has 0 spiro atoms. The molecule has 1 aromatic heterocycles. The fourth-order valence-corrected chi connectivity index (χ4v) is 4.65. The first kappa shape index (κ1) is 12.0. The van der Waals surface area contributed by atoms with E-state index in [0.717, 1.165) is 5.69 Å². The third-order valence-corrected chi connectivity index (χ3v) is 5.60. The highest BCUT2D eigenvalue weighted by Crippen LogP contribution is 2.42. The normalized spacial score (nSPS) is 11.8. The summed E-state index contributed by atoms with van der Waals surface area (Å²) in [6, 6.07) is 23.6. The van der Waals surface area contributed by atoms with Gasteiger partial charge in [-0.05, 0) is 28.3 Å². The maximum atomic E-state index is 6.29. The molecule has 0 unspecified atom stereocenters. The largest absolute Gasteiger partial charge is 0.398 e. The molecule has 0 atom stereocenters. The first-order chi connectivity index (χ1) is 10.8. The third-order valence-electron chi connectivity index (χ3n) is 4.40. The zero-order chi connectivity index (χ0) is 14.7. The van der Waals surface area contributed by atoms with E-state index in [9.17, 15) is 0 Å². The summed E-state index contributed by atoms with van der Waals surface area (Å²) in [4.78, 5) is 0. The van der Waals surface area contributed by atoms with Gasteiger partial charge in [-0.1, -0.05) is 54.6 Å². The van der Waals surface area contributed by atoms with Crippen LogP contribution >= 0.6 is 11.3 Å². The number of thiophene rings is 1. The lowest BCUT2D eigenvalue weighted by Gasteiger charge is -2.04. The van der Waals surface area contributed by atoms with Gasteiger partial charge in [-0.2, -0.15) is 0 Å². The molecule has 0 aliphatic heterocycles. The molecule has 5 rings (SSSR count). The highest BCUT2D eigenvalue weighted by atomic mass is 32.1. The first-order valence-electron chi connectivity index (χ1n) is 7.34. The summed E-state index contributed by atoms with van der Waals surface area (Å²) < 4.78 is 2.65. The average Bonchev–Trinajstić information content (AvgIpc) is 2.94. The van der Waals surface area contributed by atoms with E-state index in [-0.39, 0.29) is 0 Å². The average molecular weight is 299 g/mol. The minimum Gasteiger partial charge on any atom is -0.398 e. The van der Waals surface area contributed by atoms with Crippen LogP contribution in [0.15, 0.2) is 66.7 Å². The van der Waals surface area contributed by atoms with Crippen molar-refractivity contribution in [1.82, 2.24) is 0 Å². The predicted octanol–water partition coefficient (Wildman–Crippen LogP) is 5.94. The molecule has 1 heterocycles. The number of nitrogen functional groups attached to an aromatic ring is 1. The van der Waals surface area contributed by atoms with Crippen molar-refractivity contribution in [3.8, 4) is 0 Å². The van der Waals surface area contributed by atoms with Crippen molar-refractivity contribution in [2.75, 3.05) is 5.73 Å². The standard InChI is InChI=1S/C20H13NS/c21-16-7-3-5-13-9-11-17-19(18(13)16)15-10-8-12-4-1-2-6-14(12)20(15)22-17/h1-11H,21H2. The van der Waals surface area contributed by atoms with Crippen molar-refractivity contribution in [3.63, 3.8) is 0 Å². The number of hydrogen-bond donors (Lipinski definition) is 1. The molecule has 1 nitrogen and oxygen atoms in total. The molecule has 104 valence electrons. The van der Waals surface area contributed by atoms with Crippen molar-refractivity contribution in [1.29, 1.82) is 0 Å². The second-order valence-corrected chi connectivity index (χ2v) is 6.70. The third kappa shape index (κ3) is 1.48. The van der Waals surface area contributed by atoms with Crippen LogP contribution in [0.25, 0.3) is 41.7 Å². The van der Waals surface area contributed by atoms with Crippen LogP contribution in [-0.4, -0.2) is 0 Å². The molecular formula is C20H13NS. The number of fused-ring (bicyclic) bond motifs is 7. The number of nitrogens with two attached hydrogens (primary N) is 1. The summed E-state index contributed by atoms with van der Waals surface area (Å²) in [6.07, 6.45) is 0. The SMILES string of the molecule is Nc1cccc2ccc3sc4c5ccccc5ccc4c3c12. The molecule has 0 saturated heterocycles. The van der Waals surface area contributed by atoms with E-state index < -0.39 is 0 Å². The van der Waals surface area contributed by atoms with Gasteiger partial charge in [0.25, 0.3) is 0 Å². The minimum absolute atomic E-state index is 0.857. The summed E-state index contributed by atoms with van der Waals surface area (Å²) in [7, 11) is 0. The summed E-state index contributed by atoms with van der Waals surface area (Å²) in [6.45, 7) is 0. The predicted molar refractivity (Wildman–Crippen MR) is 98.8 cm³/mol. The van der Waals surface area contributed by atoms with Gasteiger partial charge in [0.1, 0.15) is 0 Å². The lowest BCUT2D eigenvalue weighted by atomic mass is 10.0. The van der Waals surface area contributed by atoms with E-state index in [1.54, 1.807) is 0 Å². The summed E-state index contributed by atoms with van der Waals surface area (Å²) in [5.74, 6) is 0. The Balaban J connectivity index is 2.12. The number of rotatable bonds is 0. The highest BCUT2D eigenvalue weighted by Gasteiger charge is 2.12. The fourth-order valence-electron chi connectivity index (χ4n) is 3.40. The van der Waals surface area contributed by atoms with Crippen LogP contribution in [0.2, 0.25) is 0 Å². The van der Waals surface area contributed by atoms with Gasteiger partial charge < -0.3 is 5.73 Å². The van der Waals surface area contributed by atoms with E-state index in [2.05, 4.69) is 54.6 Å². The molecule has 0 aliphatic rings. The van der Waals surface area contributed by atoms with Crippen molar-refractivity contribution < 1.29 is 0 Å². The topological polar surface area (TPSA) is 26.0 Å². The van der Waals surface area contributed by atoms with Crippen molar-refractivity contribution in [3.05, 3.63) is 66.7 Å². The number of hydrogen-bond acceptors (Lipinski definition) is 2. The van der Waals surface area contributed by atoms with Crippen LogP contribution in [0, 0.1) is 0 Å². The van der Waals surface area contributed by atoms with E-state index >= 15 is 0 Å². The smallest absolute Gasteiger partial charge is 0.0434 e. The van der Waals surface area contributed by atoms with Gasteiger partial charge in [-0.25, -0.2) is 0 Å². The Morgan fingerprint density at radius 3 is 2.41 bits per heavy atom. The highest BCUT2D eigenvalue weighted by molar-refractivity contribution is 7.26. The lowest BCUT2D eigenvalue weighted by molar-refractivity contribution is 1.78. The Morgan fingerprint density at radius 2 is 1.45 bits per heavy atom. The maximum absolute atomic E-state index is 6.29. The minimum atomic E-state index is 0.857. The second kappa shape index (κ2) is 4.21. The molecule has 0 saturated carbocycles. The molecule has 2 N–H and O–H groups in total. The van der Waals surface area contributed by atoms with Gasteiger partial charge in [0.2, 0.25) is 0 Å². The van der Waals surface area contributed by atoms with Crippen molar-refractivity contribution in [2.24, 2.45) is 0 Å². The molecule has 22 heavy (non-hydrogen) atoms. The second-order valence-electron chi connectivity index (χ2n) is 5.65. The number of anilines is 1. The molecule has 0 amide bonds. The van der Waals surface area contributed by atoms with Crippen LogP contribution in [0.4, 0.5) is 5.69 Å². The molecule has 0 fully saturated rings. The maximum Gasteiger partial charge on any atom is 0.0434 e. The van der Waals surface area contributed by atoms with Gasteiger partial charge in [-0.15, -0.1) is 11.3 Å². The van der Waals surface area contributed by atoms with E-state index in [4.69, 9.17) is 5.73 Å². The van der Waals surface area contributed by atoms with Gasteiger partial charge >= 0.3 is 0 Å². The molecular weight excluding hydrogens is 286 g/mol. The zero-order valence-electron chi connectivity index (χ0n) is 11.8. The molecule has 0 aliphatic carbocycles. The monoisotopic (exact) mass is 299 g/mol. The fraction of sp³-hybridized carbons (Fsp3) is 0. The van der Waals surface area contributed by atoms with Crippen molar-refractivity contribution >= 4 is 58.7 Å². The molecule has 4 aromatic carbocycles. The van der Waals surface area contributed by atoms with E-state index in [1.807, 2.05) is 23.5 Å². The Kier molecular flexibility index (Phi) is 2.30. The lowest BCUT2D eigenvalue weighted by Crippen LogP contribution is -1.86. The van der Waals surface area contributed by atoms with Gasteiger partial charge in [-0.3, -0.25) is 0 Å². The van der Waals surface area contributed by atoms with Gasteiger partial charge in [0.15, 0.2) is 0 Å². The Hall–Kier alpha value is -2.58. The Bertz CT molecular complexity index is 1180. The summed E-state index contributed by atoms with van der Waals surface area (Å²) in [5, 5.41) is 7.60. The van der Waals surface area contributed by atoms with Crippen LogP contribution in [0.3, 0.4) is 0 Å². The van der Waals surface area contributed by atoms with Crippen LogP contribution in [-0.2, 0) is 0 Å². The Labute approximate surface area is 131 Å². The van der Waals surface area contributed by atoms with Gasteiger partial charge in [0, 0.05) is 31.2 Å². The van der Waals surface area contributed by atoms with Crippen LogP contribution in [0.1, 0.15) is 0 Å². The molecule has 0 radical (unpaired) electrons. The van der Waals surface area contributed by atoms with E-state index in [0.29, 0.717) is 0 Å². The van der Waals surface area contributed by atoms with Crippen LogP contribution in [0.5, 0.6) is 0 Å². The molecule has 0 bridgehead atoms. The van der Waals surface area contributed by atoms with Crippen LogP contribution < -0.4 is 5.73 Å². The molecule has 5 aromatic rings. The Morgan fingerprint density at radius 1 is 0.636 bits per heavy atom. The number of benzene rings is 4. The zero-order valence-corrected chi connectivity index (χ0v) is 12.7.